The van der Waals surface area contributed by atoms with Crippen LogP contribution in [0.1, 0.15) is 25.5 Å². The van der Waals surface area contributed by atoms with Crippen LogP contribution in [0.4, 0.5) is 13.2 Å². The Hall–Kier alpha value is -2.94. The predicted octanol–water partition coefficient (Wildman–Crippen LogP) is 3.51. The number of aliphatic hydroxyl groups is 1. The number of carbonyl (C=O) groups excluding carboxylic acids is 1. The number of allylic oxidation sites excluding steroid dienone is 1. The first kappa shape index (κ1) is 22.4. The van der Waals surface area contributed by atoms with E-state index in [0.29, 0.717) is 0 Å². The summed E-state index contributed by atoms with van der Waals surface area (Å²) in [6.45, 7) is 9.52. The first-order chi connectivity index (χ1) is 13.6. The number of hydrogen-bond donors (Lipinski definition) is 1. The van der Waals surface area contributed by atoms with Gasteiger partial charge in [0.1, 0.15) is 28.5 Å². The fourth-order valence-electron chi connectivity index (χ4n) is 2.86. The van der Waals surface area contributed by atoms with Crippen molar-refractivity contribution in [2.24, 2.45) is 4.99 Å². The van der Waals surface area contributed by atoms with Crippen molar-refractivity contribution in [2.45, 2.75) is 31.5 Å². The second-order valence-corrected chi connectivity index (χ2v) is 6.42. The van der Waals surface area contributed by atoms with Crippen LogP contribution in [0.2, 0.25) is 0 Å². The number of hydrogen-bond acceptors (Lipinski definition) is 5. The van der Waals surface area contributed by atoms with Crippen LogP contribution in [0.25, 0.3) is 0 Å². The van der Waals surface area contributed by atoms with Crippen molar-refractivity contribution in [1.82, 2.24) is 9.88 Å². The van der Waals surface area contributed by atoms with E-state index in [4.69, 9.17) is 4.74 Å². The van der Waals surface area contributed by atoms with Crippen molar-refractivity contribution in [1.29, 1.82) is 0 Å². The van der Waals surface area contributed by atoms with Crippen LogP contribution >= 0.6 is 0 Å². The maximum Gasteiger partial charge on any atom is 0.433 e. The Morgan fingerprint density at radius 3 is 2.52 bits per heavy atom. The number of carbonyl (C=O) groups is 1. The van der Waals surface area contributed by atoms with E-state index >= 15 is 0 Å². The summed E-state index contributed by atoms with van der Waals surface area (Å²) in [4.78, 5) is 20.9. The maximum absolute atomic E-state index is 12.6. The Morgan fingerprint density at radius 2 is 2.03 bits per heavy atom. The van der Waals surface area contributed by atoms with Gasteiger partial charge in [-0.25, -0.2) is 4.98 Å². The van der Waals surface area contributed by atoms with Gasteiger partial charge in [0.05, 0.1) is 6.20 Å². The van der Waals surface area contributed by atoms with Crippen molar-refractivity contribution in [2.75, 3.05) is 13.1 Å². The number of aliphatic imine (C=N–C) groups is 1. The third-order valence-corrected chi connectivity index (χ3v) is 4.40. The number of rotatable bonds is 6. The molecule has 1 aliphatic heterocycles. The molecular formula is C20H22F3N3O3. The van der Waals surface area contributed by atoms with Crippen LogP contribution in [-0.2, 0) is 11.0 Å². The molecule has 1 aromatic rings. The first-order valence-corrected chi connectivity index (χ1v) is 8.84. The lowest BCUT2D eigenvalue weighted by atomic mass is 9.85. The van der Waals surface area contributed by atoms with Gasteiger partial charge in [-0.2, -0.15) is 13.2 Å². The molecular weight excluding hydrogens is 387 g/mol. The van der Waals surface area contributed by atoms with Gasteiger partial charge in [-0.05, 0) is 38.0 Å². The second-order valence-electron chi connectivity index (χ2n) is 6.42. The molecule has 1 fully saturated rings. The summed E-state index contributed by atoms with van der Waals surface area (Å²) in [5, 5.41) is 11.1. The molecule has 0 saturated carbocycles. The summed E-state index contributed by atoms with van der Waals surface area (Å²) in [7, 11) is 0. The summed E-state index contributed by atoms with van der Waals surface area (Å²) in [5.74, 6) is -0.223. The number of aromatic nitrogens is 1. The van der Waals surface area contributed by atoms with Crippen molar-refractivity contribution < 1.29 is 27.8 Å². The Morgan fingerprint density at radius 1 is 1.38 bits per heavy atom. The smallest absolute Gasteiger partial charge is 0.433 e. The minimum Gasteiger partial charge on any atom is -0.454 e. The molecule has 156 valence electrons. The third kappa shape index (κ3) is 5.54. The van der Waals surface area contributed by atoms with Crippen LogP contribution in [0.5, 0.6) is 5.75 Å². The van der Waals surface area contributed by atoms with E-state index in [1.807, 2.05) is 0 Å². The Kier molecular flexibility index (Phi) is 6.97. The molecule has 1 saturated heterocycles. The summed E-state index contributed by atoms with van der Waals surface area (Å²) in [5.41, 5.74) is -2.31. The van der Waals surface area contributed by atoms with Crippen LogP contribution < -0.4 is 4.74 Å². The SMILES string of the molecule is C=CC(=O)N1CCC(O)(C(=N/C=C\C)C(=C)Oc2ccc(C(F)(F)F)nc2)CC1. The van der Waals surface area contributed by atoms with Gasteiger partial charge < -0.3 is 14.7 Å². The van der Waals surface area contributed by atoms with E-state index < -0.39 is 17.5 Å². The van der Waals surface area contributed by atoms with E-state index in [0.717, 1.165) is 18.3 Å². The average Bonchev–Trinajstić information content (AvgIpc) is 2.68. The molecule has 1 aromatic heterocycles. The first-order valence-electron chi connectivity index (χ1n) is 8.84. The van der Waals surface area contributed by atoms with Gasteiger partial charge in [-0.15, -0.1) is 0 Å². The Bertz CT molecular complexity index is 822. The molecule has 0 spiro atoms. The van der Waals surface area contributed by atoms with Gasteiger partial charge in [0.25, 0.3) is 0 Å². The molecule has 0 bridgehead atoms. The van der Waals surface area contributed by atoms with Gasteiger partial charge in [0.15, 0.2) is 0 Å². The summed E-state index contributed by atoms with van der Waals surface area (Å²) >= 11 is 0. The largest absolute Gasteiger partial charge is 0.454 e. The van der Waals surface area contributed by atoms with E-state index in [-0.39, 0.29) is 49.1 Å². The van der Waals surface area contributed by atoms with E-state index in [1.165, 1.54) is 12.3 Å². The fourth-order valence-corrected chi connectivity index (χ4v) is 2.86. The number of nitrogens with zero attached hydrogens (tertiary/aromatic N) is 3. The van der Waals surface area contributed by atoms with E-state index in [9.17, 15) is 23.1 Å². The monoisotopic (exact) mass is 409 g/mol. The number of amides is 1. The zero-order chi connectivity index (χ0) is 21.7. The van der Waals surface area contributed by atoms with Crippen molar-refractivity contribution >= 4 is 11.6 Å². The molecule has 0 aromatic carbocycles. The van der Waals surface area contributed by atoms with Crippen LogP contribution in [0, 0.1) is 0 Å². The quantitative estimate of drug-likeness (QED) is 0.443. The highest BCUT2D eigenvalue weighted by Crippen LogP contribution is 2.30. The predicted molar refractivity (Wildman–Crippen MR) is 102 cm³/mol. The number of halogens is 3. The molecule has 0 unspecified atom stereocenters. The lowest BCUT2D eigenvalue weighted by molar-refractivity contribution is -0.141. The molecule has 0 atom stereocenters. The fraction of sp³-hybridized carbons (Fsp3) is 0.350. The molecule has 9 heteroatoms. The van der Waals surface area contributed by atoms with Gasteiger partial charge in [0, 0.05) is 19.3 Å². The van der Waals surface area contributed by atoms with Gasteiger partial charge >= 0.3 is 6.18 Å². The molecule has 6 nitrogen and oxygen atoms in total. The van der Waals surface area contributed by atoms with Crippen molar-refractivity contribution in [3.63, 3.8) is 0 Å². The minimum atomic E-state index is -4.56. The third-order valence-electron chi connectivity index (χ3n) is 4.40. The van der Waals surface area contributed by atoms with Crippen molar-refractivity contribution in [3.8, 4) is 5.75 Å². The Labute approximate surface area is 166 Å². The van der Waals surface area contributed by atoms with Crippen LogP contribution in [0.3, 0.4) is 0 Å². The minimum absolute atomic E-state index is 0.0179. The van der Waals surface area contributed by atoms with Gasteiger partial charge in [0.2, 0.25) is 5.91 Å². The van der Waals surface area contributed by atoms with Crippen molar-refractivity contribution in [3.05, 3.63) is 61.3 Å². The molecule has 1 amide bonds. The van der Waals surface area contributed by atoms with Crippen LogP contribution in [0.15, 0.2) is 60.6 Å². The number of ether oxygens (including phenoxy) is 1. The average molecular weight is 409 g/mol. The highest BCUT2D eigenvalue weighted by atomic mass is 19.4. The number of alkyl halides is 3. The number of likely N-dealkylation sites (tertiary alicyclic amines) is 1. The summed E-state index contributed by atoms with van der Waals surface area (Å²) in [6.07, 6.45) is 1.06. The maximum atomic E-state index is 12.6. The lowest BCUT2D eigenvalue weighted by Gasteiger charge is -2.38. The zero-order valence-electron chi connectivity index (χ0n) is 15.9. The standard InChI is InChI=1S/C20H22F3N3O3/c1-4-10-24-18(19(28)8-11-26(12-9-19)17(27)5-2)14(3)29-15-6-7-16(25-13-15)20(21,22)23/h4-7,10,13,28H,2-3,8-9,11-12H2,1H3/b10-4-,24-18?. The molecule has 0 radical (unpaired) electrons. The molecule has 2 heterocycles. The normalized spacial score (nSPS) is 17.3. The number of piperidine rings is 1. The molecule has 29 heavy (non-hydrogen) atoms. The zero-order valence-corrected chi connectivity index (χ0v) is 15.9. The highest BCUT2D eigenvalue weighted by molar-refractivity contribution is 6.05. The van der Waals surface area contributed by atoms with Crippen LogP contribution in [-0.4, -0.2) is 45.3 Å². The molecule has 1 N–H and O–H groups in total. The van der Waals surface area contributed by atoms with Gasteiger partial charge in [-0.1, -0.05) is 19.2 Å². The van der Waals surface area contributed by atoms with E-state index in [1.54, 1.807) is 17.9 Å². The molecule has 1 aliphatic rings. The highest BCUT2D eigenvalue weighted by Gasteiger charge is 2.40. The second kappa shape index (κ2) is 9.04. The topological polar surface area (TPSA) is 75.0 Å². The molecule has 0 aliphatic carbocycles. The molecule has 2 rings (SSSR count). The van der Waals surface area contributed by atoms with E-state index in [2.05, 4.69) is 23.1 Å². The summed E-state index contributed by atoms with van der Waals surface area (Å²) < 4.78 is 43.4. The number of pyridine rings is 1. The summed E-state index contributed by atoms with van der Waals surface area (Å²) in [6, 6.07) is 1.91. The lowest BCUT2D eigenvalue weighted by Crippen LogP contribution is -2.51. The Balaban J connectivity index is 2.19. The van der Waals surface area contributed by atoms with Gasteiger partial charge in [-0.3, -0.25) is 9.79 Å².